The van der Waals surface area contributed by atoms with E-state index in [0.29, 0.717) is 0 Å². The van der Waals surface area contributed by atoms with Gasteiger partial charge in [-0.05, 0) is 0 Å². The van der Waals surface area contributed by atoms with Crippen molar-refractivity contribution in [2.45, 2.75) is 58.8 Å². The predicted octanol–water partition coefficient (Wildman–Crippen LogP) is 4.60. The first-order chi connectivity index (χ1) is 12.0. The van der Waals surface area contributed by atoms with Gasteiger partial charge in [-0.2, -0.15) is 0 Å². The van der Waals surface area contributed by atoms with Crippen LogP contribution in [-0.2, 0) is 7.57 Å². The molecule has 0 N–H and O–H groups in total. The van der Waals surface area contributed by atoms with Crippen molar-refractivity contribution in [1.29, 1.82) is 0 Å². The second kappa shape index (κ2) is 8.50. The topological polar surface area (TPSA) is 26.3 Å². The molecule has 2 rings (SSSR count). The molecule has 0 saturated carbocycles. The second-order valence-electron chi connectivity index (χ2n) is 8.57. The first-order valence-corrected chi connectivity index (χ1v) is 13.3. The van der Waals surface area contributed by atoms with Gasteiger partial charge in [-0.3, -0.25) is 0 Å². The number of rotatable bonds is 4. The summed E-state index contributed by atoms with van der Waals surface area (Å²) in [5.74, 6) is -0.174. The van der Waals surface area contributed by atoms with E-state index in [1.54, 1.807) is 0 Å². The summed E-state index contributed by atoms with van der Waals surface area (Å²) in [6, 6.07) is 17.3. The molecule has 0 aliphatic carbocycles. The molecule has 0 spiro atoms. The van der Waals surface area contributed by atoms with Gasteiger partial charge in [-0.15, -0.1) is 0 Å². The molecule has 26 heavy (non-hydrogen) atoms. The van der Waals surface area contributed by atoms with Gasteiger partial charge in [-0.1, -0.05) is 0 Å². The molecule has 0 aliphatic heterocycles. The van der Waals surface area contributed by atoms with Crippen LogP contribution >= 0.6 is 7.92 Å². The molecule has 0 radical (unpaired) electrons. The Morgan fingerprint density at radius 3 is 1.88 bits per heavy atom. The van der Waals surface area contributed by atoms with Crippen molar-refractivity contribution in [1.82, 2.24) is 0 Å². The average molecular weight is 566 g/mol. The van der Waals surface area contributed by atoms with Crippen molar-refractivity contribution in [2.75, 3.05) is 0 Å². The van der Waals surface area contributed by atoms with E-state index in [-0.39, 0.29) is 16.3 Å². The van der Waals surface area contributed by atoms with Crippen LogP contribution in [0, 0.1) is 0 Å². The van der Waals surface area contributed by atoms with Crippen LogP contribution in [0.1, 0.15) is 48.5 Å². The third-order valence-corrected chi connectivity index (χ3v) is 11.4. The molecule has 4 heteroatoms. The van der Waals surface area contributed by atoms with Crippen molar-refractivity contribution in [3.05, 3.63) is 48.5 Å². The van der Waals surface area contributed by atoms with Crippen LogP contribution in [0.15, 0.2) is 48.5 Å². The summed E-state index contributed by atoms with van der Waals surface area (Å²) in [5, 5.41) is 1.96. The molecule has 0 saturated heterocycles. The summed E-state index contributed by atoms with van der Waals surface area (Å²) >= 11 is -1.36. The minimum absolute atomic E-state index is 0.174. The van der Waals surface area contributed by atoms with Gasteiger partial charge in [0.05, 0.1) is 0 Å². The third-order valence-electron chi connectivity index (χ3n) is 4.12. The summed E-state index contributed by atoms with van der Waals surface area (Å²) in [7, 11) is -0.866. The minimum atomic E-state index is -1.36. The summed E-state index contributed by atoms with van der Waals surface area (Å²) in [6.45, 7) is 15.7. The number of carbonyl (C=O) groups is 1. The first kappa shape index (κ1) is 21.5. The van der Waals surface area contributed by atoms with Crippen LogP contribution in [0.3, 0.4) is 0 Å². The zero-order chi connectivity index (χ0) is 19.5. The normalized spacial score (nSPS) is 12.3. The van der Waals surface area contributed by atoms with E-state index in [0.717, 1.165) is 0 Å². The Balaban J connectivity index is 2.62. The van der Waals surface area contributed by atoms with Crippen LogP contribution in [0.4, 0.5) is 0 Å². The SMILES string of the molecule is CC(=O)[O][Po][c]1ccccc1-c1ccccc1[PH+](C(C)(C)C)C(C)(C)C. The van der Waals surface area contributed by atoms with E-state index in [4.69, 9.17) is 2.77 Å². The van der Waals surface area contributed by atoms with E-state index in [2.05, 4.69) is 84.0 Å². The van der Waals surface area contributed by atoms with Crippen molar-refractivity contribution in [3.63, 3.8) is 0 Å². The second-order valence-corrected chi connectivity index (χ2v) is 15.9. The first-order valence-electron chi connectivity index (χ1n) is 8.93. The van der Waals surface area contributed by atoms with Gasteiger partial charge in [0, 0.05) is 0 Å². The van der Waals surface area contributed by atoms with Gasteiger partial charge in [0.1, 0.15) is 0 Å². The number of carbonyl (C=O) groups excluding carboxylic acids is 1. The Hall–Kier alpha value is -0.764. The summed E-state index contributed by atoms with van der Waals surface area (Å²) in [5.41, 5.74) is 2.55. The van der Waals surface area contributed by atoms with Gasteiger partial charge in [0.15, 0.2) is 0 Å². The summed E-state index contributed by atoms with van der Waals surface area (Å²) in [4.78, 5) is 11.3. The van der Waals surface area contributed by atoms with E-state index in [1.165, 1.54) is 26.6 Å². The molecule has 2 aromatic rings. The molecule has 0 atom stereocenters. The molecule has 0 heterocycles. The van der Waals surface area contributed by atoms with Crippen LogP contribution in [0.5, 0.6) is 0 Å². The Kier molecular flexibility index (Phi) is 7.04. The Morgan fingerprint density at radius 1 is 0.846 bits per heavy atom. The number of hydrogen-bond donors (Lipinski definition) is 0. The quantitative estimate of drug-likeness (QED) is 0.506. The zero-order valence-electron chi connectivity index (χ0n) is 16.8. The molecule has 0 amide bonds. The molecular weight excluding hydrogens is 536 g/mol. The summed E-state index contributed by atoms with van der Waals surface area (Å²) < 4.78 is 6.68. The maximum atomic E-state index is 11.3. The zero-order valence-corrected chi connectivity index (χ0v) is 21.0. The fourth-order valence-corrected chi connectivity index (χ4v) is 10.7. The van der Waals surface area contributed by atoms with Gasteiger partial charge in [0.25, 0.3) is 0 Å². The molecule has 0 bridgehead atoms. The third kappa shape index (κ3) is 5.37. The average Bonchev–Trinajstić information content (AvgIpc) is 2.51. The molecule has 2 nitrogen and oxygen atoms in total. The molecular formula is C22H30O2PPo+. The van der Waals surface area contributed by atoms with Gasteiger partial charge in [-0.25, -0.2) is 0 Å². The van der Waals surface area contributed by atoms with Gasteiger partial charge in [0.2, 0.25) is 0 Å². The predicted molar refractivity (Wildman–Crippen MR) is 116 cm³/mol. The monoisotopic (exact) mass is 566 g/mol. The Morgan fingerprint density at radius 2 is 1.35 bits per heavy atom. The molecule has 0 unspecified atom stereocenters. The molecule has 2 aromatic carbocycles. The summed E-state index contributed by atoms with van der Waals surface area (Å²) in [6.07, 6.45) is 0. The van der Waals surface area contributed by atoms with E-state index in [9.17, 15) is 4.79 Å². The molecule has 0 aromatic heterocycles. The van der Waals surface area contributed by atoms with Crippen LogP contribution in [0.2, 0.25) is 0 Å². The Bertz CT molecular complexity index is 758. The van der Waals surface area contributed by atoms with Crippen molar-refractivity contribution in [3.8, 4) is 11.1 Å². The van der Waals surface area contributed by atoms with Crippen LogP contribution < -0.4 is 8.53 Å². The van der Waals surface area contributed by atoms with E-state index in [1.807, 2.05) is 6.07 Å². The van der Waals surface area contributed by atoms with Crippen molar-refractivity contribution >= 4 is 46.4 Å². The fourth-order valence-electron chi connectivity index (χ4n) is 3.73. The molecule has 140 valence electrons. The Labute approximate surface area is 171 Å². The van der Waals surface area contributed by atoms with Gasteiger partial charge < -0.3 is 0 Å². The van der Waals surface area contributed by atoms with Crippen molar-refractivity contribution in [2.24, 2.45) is 0 Å². The van der Waals surface area contributed by atoms with Crippen LogP contribution in [-0.4, -0.2) is 40.3 Å². The number of hydrogen-bond acceptors (Lipinski definition) is 2. The van der Waals surface area contributed by atoms with Crippen molar-refractivity contribution < 1.29 is 7.57 Å². The fraction of sp³-hybridized carbons (Fsp3) is 0.409. The molecule has 0 fully saturated rings. The van der Waals surface area contributed by atoms with Gasteiger partial charge >= 0.3 is 172 Å². The standard InChI is InChI=1S/C20H26P.C2H4O2.Po/c1-19(2,3)21(20(4,5)6)18-15-11-10-14-17(18)16-12-8-7-9-13-16;1-2(3)4;/h7-12,14-15H,1-6H3;1H3,(H,3,4);/q;;+1. The van der Waals surface area contributed by atoms with E-state index >= 15 is 0 Å². The van der Waals surface area contributed by atoms with E-state index < -0.39 is 31.9 Å². The number of benzene rings is 2. The van der Waals surface area contributed by atoms with Crippen LogP contribution in [0.25, 0.3) is 11.1 Å². The maximum absolute atomic E-state index is 11.3. The molecule has 0 aliphatic rings.